The number of nitrogens with zero attached hydrogens (tertiary/aromatic N) is 5. The molecule has 2 aliphatic heterocycles. The lowest BCUT2D eigenvalue weighted by Crippen LogP contribution is -2.55. The summed E-state index contributed by atoms with van der Waals surface area (Å²) in [5.74, 6) is -1.46. The van der Waals surface area contributed by atoms with Crippen LogP contribution >= 0.6 is 0 Å². The van der Waals surface area contributed by atoms with E-state index in [0.29, 0.717) is 62.7 Å². The molecule has 0 saturated carbocycles. The number of aromatic amines is 1. The highest BCUT2D eigenvalue weighted by atomic mass is 19.4. The third-order valence-electron chi connectivity index (χ3n) is 7.72. The molecule has 3 aromatic rings. The molecule has 0 spiro atoms. The van der Waals surface area contributed by atoms with E-state index in [4.69, 9.17) is 4.74 Å². The molecule has 10 nitrogen and oxygen atoms in total. The molecular weight excluding hydrogens is 558 g/mol. The van der Waals surface area contributed by atoms with Crippen LogP contribution in [0.3, 0.4) is 0 Å². The molecule has 2 atom stereocenters. The third-order valence-corrected chi connectivity index (χ3v) is 7.72. The van der Waals surface area contributed by atoms with Crippen molar-refractivity contribution in [2.24, 2.45) is 0 Å². The second-order valence-electron chi connectivity index (χ2n) is 10.5. The van der Waals surface area contributed by atoms with Crippen LogP contribution in [0.4, 0.5) is 34.9 Å². The molecule has 1 amide bonds. The number of pyridine rings is 1. The Morgan fingerprint density at radius 2 is 1.79 bits per heavy atom. The molecule has 0 unspecified atom stereocenters. The Morgan fingerprint density at radius 1 is 1.10 bits per heavy atom. The topological polar surface area (TPSA) is 107 Å². The summed E-state index contributed by atoms with van der Waals surface area (Å²) in [5, 5.41) is 2.60. The fourth-order valence-corrected chi connectivity index (χ4v) is 5.22. The van der Waals surface area contributed by atoms with Gasteiger partial charge in [0, 0.05) is 56.1 Å². The summed E-state index contributed by atoms with van der Waals surface area (Å²) in [4.78, 5) is 41.8. The van der Waals surface area contributed by atoms with Gasteiger partial charge >= 0.3 is 6.18 Å². The Kier molecular flexibility index (Phi) is 8.19. The van der Waals surface area contributed by atoms with Crippen molar-refractivity contribution >= 4 is 23.2 Å². The fraction of sp³-hybridized carbons (Fsp3) is 0.429. The number of ether oxygens (including phenoxy) is 1. The van der Waals surface area contributed by atoms with E-state index in [1.165, 1.54) is 6.07 Å². The second-order valence-corrected chi connectivity index (χ2v) is 10.5. The van der Waals surface area contributed by atoms with E-state index in [-0.39, 0.29) is 23.5 Å². The molecule has 42 heavy (non-hydrogen) atoms. The van der Waals surface area contributed by atoms with E-state index in [9.17, 15) is 22.8 Å². The number of carbonyl (C=O) groups excluding carboxylic acids is 1. The number of H-pyrrole nitrogens is 1. The van der Waals surface area contributed by atoms with Crippen LogP contribution < -0.4 is 20.7 Å². The number of hydrogen-bond acceptors (Lipinski definition) is 8. The first-order chi connectivity index (χ1) is 19.9. The Hall–Kier alpha value is -4.04. The molecule has 2 aliphatic rings. The number of anilines is 3. The van der Waals surface area contributed by atoms with Gasteiger partial charge in [0.25, 0.3) is 5.91 Å². The summed E-state index contributed by atoms with van der Waals surface area (Å²) < 4.78 is 61.6. The fourth-order valence-electron chi connectivity index (χ4n) is 5.22. The number of likely N-dealkylation sites (N-methyl/N-ethyl adjacent to an activating group) is 1. The number of rotatable bonds is 5. The zero-order valence-corrected chi connectivity index (χ0v) is 23.3. The number of alkyl halides is 3. The molecule has 5 rings (SSSR count). The number of piperazine rings is 1. The predicted octanol–water partition coefficient (Wildman–Crippen LogP) is 3.61. The molecule has 224 valence electrons. The molecule has 1 aromatic carbocycles. The monoisotopic (exact) mass is 589 g/mol. The largest absolute Gasteiger partial charge is 0.417 e. The van der Waals surface area contributed by atoms with Crippen LogP contribution in [0.25, 0.3) is 11.3 Å². The number of benzene rings is 1. The average molecular weight is 590 g/mol. The van der Waals surface area contributed by atoms with Crippen molar-refractivity contribution in [3.63, 3.8) is 0 Å². The first-order valence-corrected chi connectivity index (χ1v) is 13.5. The minimum atomic E-state index is -4.94. The summed E-state index contributed by atoms with van der Waals surface area (Å²) in [6.07, 6.45) is -3.13. The first-order valence-electron chi connectivity index (χ1n) is 13.5. The van der Waals surface area contributed by atoms with Crippen molar-refractivity contribution in [3.8, 4) is 11.3 Å². The van der Waals surface area contributed by atoms with Crippen LogP contribution in [-0.2, 0) is 10.9 Å². The highest BCUT2D eigenvalue weighted by molar-refractivity contribution is 6.07. The normalized spacial score (nSPS) is 20.1. The number of nitrogens with one attached hydrogen (secondary N) is 2. The number of hydrogen-bond donors (Lipinski definition) is 2. The lowest BCUT2D eigenvalue weighted by molar-refractivity contribution is -0.138. The van der Waals surface area contributed by atoms with Crippen LogP contribution in [-0.4, -0.2) is 84.3 Å². The van der Waals surface area contributed by atoms with Gasteiger partial charge in [-0.05, 0) is 33.0 Å². The number of amides is 1. The Labute approximate surface area is 239 Å². The van der Waals surface area contributed by atoms with Gasteiger partial charge in [0.05, 0.1) is 41.9 Å². The molecule has 0 bridgehead atoms. The molecule has 2 fully saturated rings. The summed E-state index contributed by atoms with van der Waals surface area (Å²) in [5.41, 5.74) is -2.09. The van der Waals surface area contributed by atoms with Gasteiger partial charge in [-0.15, -0.1) is 0 Å². The maximum atomic E-state index is 15.1. The van der Waals surface area contributed by atoms with E-state index in [2.05, 4.69) is 39.0 Å². The molecule has 2 saturated heterocycles. The lowest BCUT2D eigenvalue weighted by atomic mass is 10.0. The van der Waals surface area contributed by atoms with Crippen LogP contribution in [0.15, 0.2) is 41.5 Å². The van der Waals surface area contributed by atoms with Gasteiger partial charge < -0.3 is 24.8 Å². The lowest BCUT2D eigenvalue weighted by Gasteiger charge is -2.44. The van der Waals surface area contributed by atoms with E-state index in [0.717, 1.165) is 12.4 Å². The van der Waals surface area contributed by atoms with Crippen molar-refractivity contribution in [3.05, 3.63) is 64.0 Å². The SMILES string of the molecule is C[C@@H]1CN(c2ccc(-c3nc(N4CCOCC4)ncc3F)cc2NC(=O)c2c[nH]c(=O)cc2C(F)(F)F)C[C@H](C)N1C. The van der Waals surface area contributed by atoms with Gasteiger partial charge in [-0.2, -0.15) is 13.2 Å². The van der Waals surface area contributed by atoms with Gasteiger partial charge in [0.1, 0.15) is 5.69 Å². The second kappa shape index (κ2) is 11.7. The van der Waals surface area contributed by atoms with Gasteiger partial charge in [-0.25, -0.2) is 14.4 Å². The van der Waals surface area contributed by atoms with Gasteiger partial charge in [0.2, 0.25) is 11.5 Å². The van der Waals surface area contributed by atoms with E-state index >= 15 is 4.39 Å². The smallest absolute Gasteiger partial charge is 0.378 e. The van der Waals surface area contributed by atoms with Crippen LogP contribution in [0.1, 0.15) is 29.8 Å². The van der Waals surface area contributed by atoms with Crippen molar-refractivity contribution in [1.82, 2.24) is 19.9 Å². The van der Waals surface area contributed by atoms with E-state index in [1.807, 2.05) is 16.8 Å². The third kappa shape index (κ3) is 6.09. The van der Waals surface area contributed by atoms with Crippen molar-refractivity contribution in [2.75, 3.05) is 61.6 Å². The highest BCUT2D eigenvalue weighted by Gasteiger charge is 2.36. The minimum Gasteiger partial charge on any atom is -0.378 e. The van der Waals surface area contributed by atoms with Crippen LogP contribution in [0.5, 0.6) is 0 Å². The van der Waals surface area contributed by atoms with Crippen molar-refractivity contribution in [2.45, 2.75) is 32.1 Å². The summed E-state index contributed by atoms with van der Waals surface area (Å²) in [6.45, 7) is 7.29. The summed E-state index contributed by atoms with van der Waals surface area (Å²) >= 11 is 0. The zero-order valence-electron chi connectivity index (χ0n) is 23.3. The Bertz CT molecular complexity index is 1510. The van der Waals surface area contributed by atoms with Crippen LogP contribution in [0.2, 0.25) is 0 Å². The van der Waals surface area contributed by atoms with E-state index in [1.54, 1.807) is 12.1 Å². The molecule has 14 heteroatoms. The Balaban J connectivity index is 1.57. The van der Waals surface area contributed by atoms with E-state index < -0.39 is 34.6 Å². The van der Waals surface area contributed by atoms with Gasteiger partial charge in [-0.3, -0.25) is 14.5 Å². The van der Waals surface area contributed by atoms with Crippen molar-refractivity contribution < 1.29 is 27.1 Å². The number of aromatic nitrogens is 3. The molecule has 2 aromatic heterocycles. The maximum Gasteiger partial charge on any atom is 0.417 e. The Morgan fingerprint density at radius 3 is 2.45 bits per heavy atom. The quantitative estimate of drug-likeness (QED) is 0.435. The zero-order chi connectivity index (χ0) is 30.2. The maximum absolute atomic E-state index is 15.1. The standard InChI is InChI=1S/C28H31F4N7O3/c1-16-14-39(15-17(2)37(16)3)23-5-4-18(25-21(29)13-34-27(36-25)38-6-8-42-9-7-38)10-22(23)35-26(41)19-12-33-24(40)11-20(19)28(30,31)32/h4-5,10-13,16-17H,6-9,14-15H2,1-3H3,(H,33,40)(H,35,41)/t16-,17+. The van der Waals surface area contributed by atoms with Crippen LogP contribution in [0, 0.1) is 5.82 Å². The molecule has 0 aliphatic carbocycles. The summed E-state index contributed by atoms with van der Waals surface area (Å²) in [6, 6.07) is 5.48. The minimum absolute atomic E-state index is 0.0197. The highest BCUT2D eigenvalue weighted by Crippen LogP contribution is 2.36. The number of carbonyl (C=O) groups is 1. The van der Waals surface area contributed by atoms with Crippen molar-refractivity contribution in [1.29, 1.82) is 0 Å². The predicted molar refractivity (Wildman–Crippen MR) is 149 cm³/mol. The molecule has 4 heterocycles. The number of halogens is 4. The first kappa shape index (κ1) is 29.5. The van der Waals surface area contributed by atoms with Gasteiger partial charge in [0.15, 0.2) is 5.82 Å². The van der Waals surface area contributed by atoms with Gasteiger partial charge in [-0.1, -0.05) is 6.07 Å². The molecule has 0 radical (unpaired) electrons. The molecule has 2 N–H and O–H groups in total. The number of morpholine rings is 1. The average Bonchev–Trinajstić information content (AvgIpc) is 2.96. The summed E-state index contributed by atoms with van der Waals surface area (Å²) in [7, 11) is 2.01. The molecular formula is C28H31F4N7O3.